The number of benzene rings is 1. The standard InChI is InChI=1S/C18H32FN3/c1-5-7-13-22(6-2)18-14-16(9-10-17(18)19)15-20-11-8-12-21(3)4/h9-10,14,20H,5-8,11-13,15H2,1-4H3. The number of halogens is 1. The van der Waals surface area contributed by atoms with Crippen molar-refractivity contribution in [3.8, 4) is 0 Å². The fourth-order valence-corrected chi connectivity index (χ4v) is 2.46. The molecule has 0 fully saturated rings. The molecule has 1 N–H and O–H groups in total. The lowest BCUT2D eigenvalue weighted by atomic mass is 10.1. The van der Waals surface area contributed by atoms with Crippen molar-refractivity contribution in [1.82, 2.24) is 10.2 Å². The van der Waals surface area contributed by atoms with Crippen molar-refractivity contribution < 1.29 is 4.39 Å². The van der Waals surface area contributed by atoms with Crippen LogP contribution in [-0.2, 0) is 6.54 Å². The maximum absolute atomic E-state index is 14.1. The van der Waals surface area contributed by atoms with Gasteiger partial charge in [0.25, 0.3) is 0 Å². The van der Waals surface area contributed by atoms with Gasteiger partial charge in [0.1, 0.15) is 5.82 Å². The fraction of sp³-hybridized carbons (Fsp3) is 0.667. The zero-order valence-corrected chi connectivity index (χ0v) is 14.7. The lowest BCUT2D eigenvalue weighted by Gasteiger charge is -2.24. The predicted molar refractivity (Wildman–Crippen MR) is 94.1 cm³/mol. The molecule has 0 heterocycles. The van der Waals surface area contributed by atoms with Crippen LogP contribution in [0.1, 0.15) is 38.7 Å². The third-order valence-corrected chi connectivity index (χ3v) is 3.80. The van der Waals surface area contributed by atoms with E-state index in [4.69, 9.17) is 0 Å². The largest absolute Gasteiger partial charge is 0.369 e. The molecule has 1 aromatic carbocycles. The molecule has 0 saturated carbocycles. The van der Waals surface area contributed by atoms with Crippen molar-refractivity contribution in [2.45, 2.75) is 39.7 Å². The molecule has 0 aromatic heterocycles. The van der Waals surface area contributed by atoms with E-state index in [1.165, 1.54) is 0 Å². The van der Waals surface area contributed by atoms with Gasteiger partial charge in [-0.2, -0.15) is 0 Å². The van der Waals surface area contributed by atoms with E-state index in [0.717, 1.165) is 63.2 Å². The number of unbranched alkanes of at least 4 members (excludes halogenated alkanes) is 1. The second-order valence-electron chi connectivity index (χ2n) is 6.05. The van der Waals surface area contributed by atoms with Crippen LogP contribution in [0.15, 0.2) is 18.2 Å². The van der Waals surface area contributed by atoms with Crippen molar-refractivity contribution >= 4 is 5.69 Å². The molecule has 0 aliphatic rings. The van der Waals surface area contributed by atoms with E-state index in [2.05, 4.69) is 43.1 Å². The van der Waals surface area contributed by atoms with Crippen LogP contribution in [0.4, 0.5) is 10.1 Å². The highest BCUT2D eigenvalue weighted by Gasteiger charge is 2.10. The fourth-order valence-electron chi connectivity index (χ4n) is 2.46. The van der Waals surface area contributed by atoms with Crippen molar-refractivity contribution in [2.75, 3.05) is 45.2 Å². The van der Waals surface area contributed by atoms with Crippen LogP contribution in [-0.4, -0.2) is 45.2 Å². The van der Waals surface area contributed by atoms with Crippen molar-refractivity contribution in [3.05, 3.63) is 29.6 Å². The molecular formula is C18H32FN3. The number of anilines is 1. The zero-order chi connectivity index (χ0) is 16.4. The first-order valence-corrected chi connectivity index (χ1v) is 8.47. The summed E-state index contributed by atoms with van der Waals surface area (Å²) in [5, 5.41) is 3.44. The van der Waals surface area contributed by atoms with E-state index in [1.54, 1.807) is 6.07 Å². The van der Waals surface area contributed by atoms with Crippen LogP contribution in [0.5, 0.6) is 0 Å². The summed E-state index contributed by atoms with van der Waals surface area (Å²) < 4.78 is 14.1. The summed E-state index contributed by atoms with van der Waals surface area (Å²) in [5.74, 6) is -0.116. The van der Waals surface area contributed by atoms with Crippen LogP contribution in [0.25, 0.3) is 0 Å². The van der Waals surface area contributed by atoms with Gasteiger partial charge in [0.2, 0.25) is 0 Å². The minimum atomic E-state index is -0.116. The highest BCUT2D eigenvalue weighted by atomic mass is 19.1. The van der Waals surface area contributed by atoms with Crippen molar-refractivity contribution in [2.24, 2.45) is 0 Å². The quantitative estimate of drug-likeness (QED) is 0.631. The van der Waals surface area contributed by atoms with Crippen LogP contribution in [0.3, 0.4) is 0 Å². The second kappa shape index (κ2) is 10.6. The molecular weight excluding hydrogens is 277 g/mol. The van der Waals surface area contributed by atoms with Gasteiger partial charge in [0, 0.05) is 19.6 Å². The van der Waals surface area contributed by atoms with E-state index in [0.29, 0.717) is 0 Å². The van der Waals surface area contributed by atoms with Gasteiger partial charge in [-0.25, -0.2) is 4.39 Å². The van der Waals surface area contributed by atoms with Crippen LogP contribution in [0.2, 0.25) is 0 Å². The van der Waals surface area contributed by atoms with Crippen LogP contribution in [0, 0.1) is 5.82 Å². The van der Waals surface area contributed by atoms with E-state index < -0.39 is 0 Å². The molecule has 1 aromatic rings. The minimum absolute atomic E-state index is 0.116. The minimum Gasteiger partial charge on any atom is -0.369 e. The first-order valence-electron chi connectivity index (χ1n) is 8.47. The summed E-state index contributed by atoms with van der Waals surface area (Å²) in [6, 6.07) is 5.47. The Labute approximate surface area is 135 Å². The van der Waals surface area contributed by atoms with Gasteiger partial charge in [0.15, 0.2) is 0 Å². The average molecular weight is 309 g/mol. The van der Waals surface area contributed by atoms with Crippen LogP contribution < -0.4 is 10.2 Å². The van der Waals surface area contributed by atoms with E-state index in [9.17, 15) is 4.39 Å². The Bertz CT molecular complexity index is 421. The lowest BCUT2D eigenvalue weighted by molar-refractivity contribution is 0.394. The number of nitrogens with zero attached hydrogens (tertiary/aromatic N) is 2. The van der Waals surface area contributed by atoms with Gasteiger partial charge in [-0.3, -0.25) is 0 Å². The van der Waals surface area contributed by atoms with Gasteiger partial charge >= 0.3 is 0 Å². The molecule has 4 heteroatoms. The first kappa shape index (κ1) is 18.9. The summed E-state index contributed by atoms with van der Waals surface area (Å²) >= 11 is 0. The van der Waals surface area contributed by atoms with Crippen molar-refractivity contribution in [3.63, 3.8) is 0 Å². The summed E-state index contributed by atoms with van der Waals surface area (Å²) in [6.07, 6.45) is 3.35. The first-order chi connectivity index (χ1) is 10.6. The molecule has 0 spiro atoms. The Kier molecular flexibility index (Phi) is 9.09. The van der Waals surface area contributed by atoms with E-state index in [-0.39, 0.29) is 5.82 Å². The molecule has 0 amide bonds. The molecule has 126 valence electrons. The predicted octanol–water partition coefficient (Wildman–Crippen LogP) is 3.49. The summed E-state index contributed by atoms with van der Waals surface area (Å²) in [5.41, 5.74) is 1.89. The molecule has 0 atom stereocenters. The summed E-state index contributed by atoms with van der Waals surface area (Å²) in [4.78, 5) is 4.32. The zero-order valence-electron chi connectivity index (χ0n) is 14.7. The lowest BCUT2D eigenvalue weighted by Crippen LogP contribution is -2.25. The Morgan fingerprint density at radius 1 is 1.09 bits per heavy atom. The van der Waals surface area contributed by atoms with Crippen LogP contribution >= 0.6 is 0 Å². The number of nitrogens with one attached hydrogen (secondary N) is 1. The molecule has 0 radical (unpaired) electrons. The third kappa shape index (κ3) is 6.75. The maximum Gasteiger partial charge on any atom is 0.146 e. The number of rotatable bonds is 11. The Balaban J connectivity index is 2.57. The Morgan fingerprint density at radius 3 is 2.50 bits per heavy atom. The highest BCUT2D eigenvalue weighted by molar-refractivity contribution is 5.50. The smallest absolute Gasteiger partial charge is 0.146 e. The van der Waals surface area contributed by atoms with E-state index >= 15 is 0 Å². The second-order valence-corrected chi connectivity index (χ2v) is 6.05. The van der Waals surface area contributed by atoms with Gasteiger partial charge in [-0.15, -0.1) is 0 Å². The molecule has 0 saturated heterocycles. The summed E-state index contributed by atoms with van der Waals surface area (Å²) in [7, 11) is 4.17. The van der Waals surface area contributed by atoms with Gasteiger partial charge in [-0.1, -0.05) is 19.4 Å². The maximum atomic E-state index is 14.1. The Morgan fingerprint density at radius 2 is 1.86 bits per heavy atom. The molecule has 0 bridgehead atoms. The normalized spacial score (nSPS) is 11.2. The number of hydrogen-bond donors (Lipinski definition) is 1. The number of hydrogen-bond acceptors (Lipinski definition) is 3. The monoisotopic (exact) mass is 309 g/mol. The van der Waals surface area contributed by atoms with Crippen molar-refractivity contribution in [1.29, 1.82) is 0 Å². The summed E-state index contributed by atoms with van der Waals surface area (Å²) in [6.45, 7) is 8.88. The molecule has 3 nitrogen and oxygen atoms in total. The molecule has 1 rings (SSSR count). The topological polar surface area (TPSA) is 18.5 Å². The average Bonchev–Trinajstić information content (AvgIpc) is 2.50. The third-order valence-electron chi connectivity index (χ3n) is 3.80. The SMILES string of the molecule is CCCCN(CC)c1cc(CNCCCN(C)C)ccc1F. The van der Waals surface area contributed by atoms with E-state index in [1.807, 2.05) is 12.1 Å². The molecule has 0 unspecified atom stereocenters. The molecule has 22 heavy (non-hydrogen) atoms. The highest BCUT2D eigenvalue weighted by Crippen LogP contribution is 2.21. The molecule has 0 aliphatic carbocycles. The van der Waals surface area contributed by atoms with Gasteiger partial charge in [-0.05, 0) is 64.6 Å². The van der Waals surface area contributed by atoms with Gasteiger partial charge < -0.3 is 15.1 Å². The van der Waals surface area contributed by atoms with Gasteiger partial charge in [0.05, 0.1) is 5.69 Å². The molecule has 0 aliphatic heterocycles. The Hall–Kier alpha value is -1.13.